The summed E-state index contributed by atoms with van der Waals surface area (Å²) in [5.41, 5.74) is 1.82. The van der Waals surface area contributed by atoms with E-state index in [1.54, 1.807) is 55.5 Å². The third-order valence-electron chi connectivity index (χ3n) is 5.28. The highest BCUT2D eigenvalue weighted by atomic mass is 32.2. The Kier molecular flexibility index (Phi) is 7.09. The normalized spacial score (nSPS) is 11.5. The first-order chi connectivity index (χ1) is 17.2. The fourth-order valence-corrected chi connectivity index (χ4v) is 5.61. The molecule has 0 fully saturated rings. The van der Waals surface area contributed by atoms with Crippen LogP contribution in [0.5, 0.6) is 0 Å². The fourth-order valence-electron chi connectivity index (χ4n) is 3.38. The molecule has 4 rings (SSSR count). The van der Waals surface area contributed by atoms with Crippen molar-refractivity contribution < 1.29 is 21.6 Å². The van der Waals surface area contributed by atoms with Gasteiger partial charge < -0.3 is 5.32 Å². The quantitative estimate of drug-likeness (QED) is 0.306. The van der Waals surface area contributed by atoms with Crippen LogP contribution in [-0.2, 0) is 20.0 Å². The van der Waals surface area contributed by atoms with Crippen LogP contribution in [0.15, 0.2) is 113 Å². The smallest absolute Gasteiger partial charge is 0.261 e. The molecule has 0 aromatic heterocycles. The summed E-state index contributed by atoms with van der Waals surface area (Å²) >= 11 is 0. The topological polar surface area (TPSA) is 121 Å². The van der Waals surface area contributed by atoms with Crippen molar-refractivity contribution in [3.05, 3.63) is 114 Å². The summed E-state index contributed by atoms with van der Waals surface area (Å²) < 4.78 is 55.9. The first-order valence-corrected chi connectivity index (χ1v) is 13.8. The zero-order valence-electron chi connectivity index (χ0n) is 19.2. The molecule has 0 unspecified atom stereocenters. The van der Waals surface area contributed by atoms with E-state index < -0.39 is 26.0 Å². The molecule has 0 aliphatic rings. The molecule has 8 nitrogen and oxygen atoms in total. The van der Waals surface area contributed by atoms with Crippen LogP contribution in [0.3, 0.4) is 0 Å². The van der Waals surface area contributed by atoms with Crippen molar-refractivity contribution in [3.63, 3.8) is 0 Å². The Hall–Kier alpha value is -4.15. The second-order valence-corrected chi connectivity index (χ2v) is 11.2. The summed E-state index contributed by atoms with van der Waals surface area (Å²) in [5.74, 6) is -0.560. The molecule has 4 aromatic rings. The Morgan fingerprint density at radius 2 is 1.08 bits per heavy atom. The number of nitrogens with one attached hydrogen (secondary N) is 3. The van der Waals surface area contributed by atoms with Crippen LogP contribution < -0.4 is 14.8 Å². The second-order valence-electron chi connectivity index (χ2n) is 7.86. The average Bonchev–Trinajstić information content (AvgIpc) is 2.86. The molecular weight excluding hydrogens is 498 g/mol. The van der Waals surface area contributed by atoms with Gasteiger partial charge in [-0.2, -0.15) is 0 Å². The first-order valence-electron chi connectivity index (χ1n) is 10.8. The molecule has 0 heterocycles. The summed E-state index contributed by atoms with van der Waals surface area (Å²) in [4.78, 5) is 13.0. The molecule has 36 heavy (non-hydrogen) atoms. The predicted octanol–water partition coefficient (Wildman–Crippen LogP) is 4.85. The van der Waals surface area contributed by atoms with Gasteiger partial charge in [0.15, 0.2) is 0 Å². The van der Waals surface area contributed by atoms with Gasteiger partial charge in [-0.15, -0.1) is 0 Å². The minimum atomic E-state index is -3.90. The summed E-state index contributed by atoms with van der Waals surface area (Å²) in [6.45, 7) is 1.80. The minimum absolute atomic E-state index is 0.0276. The van der Waals surface area contributed by atoms with Crippen LogP contribution in [0.2, 0.25) is 0 Å². The minimum Gasteiger partial charge on any atom is -0.322 e. The van der Waals surface area contributed by atoms with Crippen LogP contribution >= 0.6 is 0 Å². The predicted molar refractivity (Wildman–Crippen MR) is 140 cm³/mol. The largest absolute Gasteiger partial charge is 0.322 e. The van der Waals surface area contributed by atoms with Crippen molar-refractivity contribution >= 4 is 43.0 Å². The van der Waals surface area contributed by atoms with Gasteiger partial charge in [0.2, 0.25) is 0 Å². The summed E-state index contributed by atoms with van der Waals surface area (Å²) in [5, 5.41) is 2.67. The number of sulfonamides is 2. The lowest BCUT2D eigenvalue weighted by Gasteiger charge is -2.13. The molecule has 0 aliphatic carbocycles. The number of carbonyl (C=O) groups is 1. The molecule has 10 heteroatoms. The molecule has 4 aromatic carbocycles. The Morgan fingerprint density at radius 3 is 1.72 bits per heavy atom. The van der Waals surface area contributed by atoms with Crippen molar-refractivity contribution in [1.29, 1.82) is 0 Å². The fraction of sp³-hybridized carbons (Fsp3) is 0.0385. The van der Waals surface area contributed by atoms with E-state index in [4.69, 9.17) is 0 Å². The van der Waals surface area contributed by atoms with Gasteiger partial charge >= 0.3 is 0 Å². The Labute approximate surface area is 210 Å². The van der Waals surface area contributed by atoms with Crippen LogP contribution in [0.25, 0.3) is 0 Å². The van der Waals surface area contributed by atoms with Gasteiger partial charge in [-0.3, -0.25) is 14.2 Å². The van der Waals surface area contributed by atoms with Gasteiger partial charge in [0, 0.05) is 5.69 Å². The van der Waals surface area contributed by atoms with E-state index in [1.165, 1.54) is 48.5 Å². The lowest BCUT2D eigenvalue weighted by atomic mass is 10.1. The van der Waals surface area contributed by atoms with E-state index in [-0.39, 0.29) is 21.0 Å². The van der Waals surface area contributed by atoms with E-state index in [0.717, 1.165) is 5.56 Å². The SMILES string of the molecule is Cc1ccccc1NS(=O)(=O)c1ccc(NC(=O)c2ccccc2NS(=O)(=O)c2ccccc2)cc1. The Morgan fingerprint density at radius 1 is 0.583 bits per heavy atom. The Bertz CT molecular complexity index is 1600. The highest BCUT2D eigenvalue weighted by Crippen LogP contribution is 2.23. The lowest BCUT2D eigenvalue weighted by Crippen LogP contribution is -2.18. The third-order valence-corrected chi connectivity index (χ3v) is 8.04. The van der Waals surface area contributed by atoms with Crippen molar-refractivity contribution in [1.82, 2.24) is 0 Å². The highest BCUT2D eigenvalue weighted by Gasteiger charge is 2.19. The molecule has 0 radical (unpaired) electrons. The maximum atomic E-state index is 12.9. The number of aryl methyl sites for hydroxylation is 1. The number of hydrogen-bond donors (Lipinski definition) is 3. The molecule has 0 atom stereocenters. The molecular formula is C26H23N3O5S2. The molecule has 0 aliphatic heterocycles. The van der Waals surface area contributed by atoms with Gasteiger partial charge in [-0.25, -0.2) is 16.8 Å². The Balaban J connectivity index is 1.50. The van der Waals surface area contributed by atoms with E-state index in [2.05, 4.69) is 14.8 Å². The standard InChI is InChI=1S/C26H23N3O5S2/c1-19-9-5-7-13-24(19)28-36(33,34)22-17-15-20(16-18-22)27-26(30)23-12-6-8-14-25(23)29-35(31,32)21-10-3-2-4-11-21/h2-18,28-29H,1H3,(H,27,30). The molecule has 0 saturated carbocycles. The van der Waals surface area contributed by atoms with Crippen molar-refractivity contribution in [2.75, 3.05) is 14.8 Å². The zero-order valence-corrected chi connectivity index (χ0v) is 20.8. The zero-order chi connectivity index (χ0) is 25.8. The second kappa shape index (κ2) is 10.2. The van der Waals surface area contributed by atoms with E-state index >= 15 is 0 Å². The van der Waals surface area contributed by atoms with Crippen molar-refractivity contribution in [2.24, 2.45) is 0 Å². The van der Waals surface area contributed by atoms with Crippen molar-refractivity contribution in [2.45, 2.75) is 16.7 Å². The maximum Gasteiger partial charge on any atom is 0.261 e. The first kappa shape index (κ1) is 25.0. The van der Waals surface area contributed by atoms with Gasteiger partial charge in [-0.05, 0) is 67.1 Å². The number of rotatable bonds is 8. The number of amides is 1. The average molecular weight is 522 g/mol. The molecule has 0 bridgehead atoms. The molecule has 184 valence electrons. The molecule has 3 N–H and O–H groups in total. The maximum absolute atomic E-state index is 12.9. The van der Waals surface area contributed by atoms with E-state index in [1.807, 2.05) is 6.07 Å². The molecule has 0 saturated heterocycles. The number of benzene rings is 4. The van der Waals surface area contributed by atoms with Gasteiger partial charge in [-0.1, -0.05) is 48.5 Å². The molecule has 0 spiro atoms. The summed E-state index contributed by atoms with van der Waals surface area (Å²) in [6, 6.07) is 26.7. The van der Waals surface area contributed by atoms with Crippen LogP contribution in [0.1, 0.15) is 15.9 Å². The van der Waals surface area contributed by atoms with Gasteiger partial charge in [0.05, 0.1) is 26.7 Å². The van der Waals surface area contributed by atoms with Crippen LogP contribution in [0.4, 0.5) is 17.1 Å². The highest BCUT2D eigenvalue weighted by molar-refractivity contribution is 7.93. The monoisotopic (exact) mass is 521 g/mol. The van der Waals surface area contributed by atoms with Crippen LogP contribution in [0, 0.1) is 6.92 Å². The third kappa shape index (κ3) is 5.73. The number of para-hydroxylation sites is 2. The lowest BCUT2D eigenvalue weighted by molar-refractivity contribution is 0.102. The van der Waals surface area contributed by atoms with Gasteiger partial charge in [0.25, 0.3) is 26.0 Å². The van der Waals surface area contributed by atoms with Gasteiger partial charge in [0.1, 0.15) is 0 Å². The number of anilines is 3. The van der Waals surface area contributed by atoms with E-state index in [0.29, 0.717) is 11.4 Å². The summed E-state index contributed by atoms with van der Waals surface area (Å²) in [6.07, 6.45) is 0. The van der Waals surface area contributed by atoms with Crippen LogP contribution in [-0.4, -0.2) is 22.7 Å². The number of hydrogen-bond acceptors (Lipinski definition) is 5. The molecule has 1 amide bonds. The van der Waals surface area contributed by atoms with Crippen molar-refractivity contribution in [3.8, 4) is 0 Å². The van der Waals surface area contributed by atoms with E-state index in [9.17, 15) is 21.6 Å². The summed E-state index contributed by atoms with van der Waals surface area (Å²) in [7, 11) is -7.72. The number of carbonyl (C=O) groups excluding carboxylic acids is 1.